The number of nitrogens with zero attached hydrogens (tertiary/aromatic N) is 3. The summed E-state index contributed by atoms with van der Waals surface area (Å²) in [6.45, 7) is 3.82. The summed E-state index contributed by atoms with van der Waals surface area (Å²) >= 11 is 0. The van der Waals surface area contributed by atoms with Gasteiger partial charge in [0, 0.05) is 37.6 Å². The highest BCUT2D eigenvalue weighted by atomic mass is 16.2. The molecule has 2 aromatic heterocycles. The molecule has 0 aromatic carbocycles. The number of carbonyl (C=O) groups excluding carboxylic acids is 2. The molecule has 0 radical (unpaired) electrons. The quantitative estimate of drug-likeness (QED) is 0.868. The number of piperidine rings is 1. The van der Waals surface area contributed by atoms with E-state index >= 15 is 0 Å². The number of aromatic nitrogens is 3. The number of pyridine rings is 1. The molecule has 0 aliphatic carbocycles. The third-order valence-corrected chi connectivity index (χ3v) is 4.39. The maximum atomic E-state index is 12.7. The van der Waals surface area contributed by atoms with Crippen LogP contribution in [0.3, 0.4) is 0 Å². The zero-order chi connectivity index (χ0) is 17.6. The molecule has 1 atom stereocenters. The molecule has 1 aliphatic rings. The fourth-order valence-electron chi connectivity index (χ4n) is 3.03. The molecule has 1 saturated heterocycles. The Labute approximate surface area is 146 Å². The normalized spacial score (nSPS) is 17.3. The van der Waals surface area contributed by atoms with E-state index in [9.17, 15) is 9.59 Å². The number of likely N-dealkylation sites (tertiary alicyclic amines) is 1. The van der Waals surface area contributed by atoms with Crippen molar-refractivity contribution in [3.63, 3.8) is 0 Å². The first-order valence-corrected chi connectivity index (χ1v) is 8.72. The monoisotopic (exact) mass is 341 g/mol. The van der Waals surface area contributed by atoms with Crippen LogP contribution in [0.2, 0.25) is 0 Å². The summed E-state index contributed by atoms with van der Waals surface area (Å²) in [5, 5.41) is 9.94. The van der Waals surface area contributed by atoms with Gasteiger partial charge in [-0.2, -0.15) is 5.10 Å². The van der Waals surface area contributed by atoms with Crippen molar-refractivity contribution in [2.75, 3.05) is 19.6 Å². The number of nitrogens with one attached hydrogen (secondary N) is 2. The Morgan fingerprint density at radius 2 is 2.32 bits per heavy atom. The van der Waals surface area contributed by atoms with E-state index in [1.165, 1.54) is 0 Å². The maximum absolute atomic E-state index is 12.7. The van der Waals surface area contributed by atoms with Gasteiger partial charge in [0.1, 0.15) is 5.69 Å². The first-order valence-electron chi connectivity index (χ1n) is 8.72. The molecular formula is C18H23N5O2. The Morgan fingerprint density at radius 3 is 3.08 bits per heavy atom. The van der Waals surface area contributed by atoms with Crippen LogP contribution in [-0.2, 0) is 4.79 Å². The van der Waals surface area contributed by atoms with Crippen molar-refractivity contribution in [2.24, 2.45) is 5.92 Å². The summed E-state index contributed by atoms with van der Waals surface area (Å²) < 4.78 is 0. The summed E-state index contributed by atoms with van der Waals surface area (Å²) in [7, 11) is 0. The number of rotatable bonds is 5. The van der Waals surface area contributed by atoms with Gasteiger partial charge in [-0.3, -0.25) is 19.7 Å². The molecule has 132 valence electrons. The Bertz CT molecular complexity index is 728. The lowest BCUT2D eigenvalue weighted by molar-refractivity contribution is -0.126. The highest BCUT2D eigenvalue weighted by molar-refractivity contribution is 5.94. The number of H-pyrrole nitrogens is 1. The number of aromatic amines is 1. The number of carbonyl (C=O) groups is 2. The molecule has 1 fully saturated rings. The maximum Gasteiger partial charge on any atom is 0.271 e. The van der Waals surface area contributed by atoms with Gasteiger partial charge in [-0.1, -0.05) is 6.92 Å². The van der Waals surface area contributed by atoms with E-state index in [0.717, 1.165) is 24.8 Å². The number of hydrogen-bond donors (Lipinski definition) is 2. The van der Waals surface area contributed by atoms with E-state index in [2.05, 4.69) is 20.5 Å². The van der Waals surface area contributed by atoms with Crippen molar-refractivity contribution in [1.29, 1.82) is 0 Å². The predicted octanol–water partition coefficient (Wildman–Crippen LogP) is 1.85. The first kappa shape index (κ1) is 17.1. The topological polar surface area (TPSA) is 91.0 Å². The van der Waals surface area contributed by atoms with Crippen molar-refractivity contribution in [3.8, 4) is 11.3 Å². The standard InChI is InChI=1S/C18H23N5O2/c1-2-7-20-17(24)14-6-4-9-23(12-14)18(25)16-10-15(21-22-16)13-5-3-8-19-11-13/h3,5,8,10-11,14H,2,4,6-7,9,12H2,1H3,(H,20,24)(H,21,22). The van der Waals surface area contributed by atoms with Crippen molar-refractivity contribution in [3.05, 3.63) is 36.3 Å². The van der Waals surface area contributed by atoms with Crippen LogP contribution in [0.15, 0.2) is 30.6 Å². The van der Waals surface area contributed by atoms with Gasteiger partial charge in [-0.05, 0) is 37.5 Å². The van der Waals surface area contributed by atoms with Crippen molar-refractivity contribution < 1.29 is 9.59 Å². The molecule has 0 spiro atoms. The second kappa shape index (κ2) is 7.92. The smallest absolute Gasteiger partial charge is 0.271 e. The van der Waals surface area contributed by atoms with Gasteiger partial charge in [0.2, 0.25) is 5.91 Å². The van der Waals surface area contributed by atoms with Crippen LogP contribution in [0.4, 0.5) is 0 Å². The molecule has 0 bridgehead atoms. The Kier molecular flexibility index (Phi) is 5.42. The fraction of sp³-hybridized carbons (Fsp3) is 0.444. The SMILES string of the molecule is CCCNC(=O)C1CCCN(C(=O)c2cc(-c3cccnc3)n[nH]2)C1. The van der Waals surface area contributed by atoms with Crippen molar-refractivity contribution in [2.45, 2.75) is 26.2 Å². The number of amides is 2. The molecule has 1 aliphatic heterocycles. The second-order valence-electron chi connectivity index (χ2n) is 6.29. The lowest BCUT2D eigenvalue weighted by atomic mass is 9.97. The van der Waals surface area contributed by atoms with Crippen LogP contribution in [0, 0.1) is 5.92 Å². The minimum absolute atomic E-state index is 0.0417. The summed E-state index contributed by atoms with van der Waals surface area (Å²) in [5.41, 5.74) is 1.98. The average molecular weight is 341 g/mol. The highest BCUT2D eigenvalue weighted by Gasteiger charge is 2.29. The van der Waals surface area contributed by atoms with E-state index in [0.29, 0.717) is 31.0 Å². The van der Waals surface area contributed by atoms with E-state index in [-0.39, 0.29) is 17.7 Å². The fourth-order valence-corrected chi connectivity index (χ4v) is 3.03. The van der Waals surface area contributed by atoms with Crippen LogP contribution >= 0.6 is 0 Å². The Hall–Kier alpha value is -2.70. The van der Waals surface area contributed by atoms with Gasteiger partial charge in [-0.25, -0.2) is 0 Å². The summed E-state index contributed by atoms with van der Waals surface area (Å²) in [4.78, 5) is 30.7. The second-order valence-corrected chi connectivity index (χ2v) is 6.29. The van der Waals surface area contributed by atoms with Crippen molar-refractivity contribution in [1.82, 2.24) is 25.4 Å². The van der Waals surface area contributed by atoms with Crippen LogP contribution in [0.5, 0.6) is 0 Å². The lowest BCUT2D eigenvalue weighted by Gasteiger charge is -2.31. The molecule has 25 heavy (non-hydrogen) atoms. The molecule has 2 aromatic rings. The largest absolute Gasteiger partial charge is 0.356 e. The Morgan fingerprint density at radius 1 is 1.44 bits per heavy atom. The van der Waals surface area contributed by atoms with E-state index in [1.54, 1.807) is 23.4 Å². The summed E-state index contributed by atoms with van der Waals surface area (Å²) in [6.07, 6.45) is 5.97. The molecule has 0 saturated carbocycles. The zero-order valence-corrected chi connectivity index (χ0v) is 14.4. The lowest BCUT2D eigenvalue weighted by Crippen LogP contribution is -2.45. The Balaban J connectivity index is 1.66. The highest BCUT2D eigenvalue weighted by Crippen LogP contribution is 2.21. The van der Waals surface area contributed by atoms with Crippen LogP contribution in [0.25, 0.3) is 11.3 Å². The van der Waals surface area contributed by atoms with Gasteiger partial charge in [0.15, 0.2) is 0 Å². The molecule has 2 N–H and O–H groups in total. The van der Waals surface area contributed by atoms with Gasteiger partial charge in [0.05, 0.1) is 11.6 Å². The zero-order valence-electron chi connectivity index (χ0n) is 14.4. The molecule has 3 heterocycles. The van der Waals surface area contributed by atoms with Gasteiger partial charge < -0.3 is 10.2 Å². The molecule has 3 rings (SSSR count). The minimum atomic E-state index is -0.134. The van der Waals surface area contributed by atoms with E-state index in [1.807, 2.05) is 19.1 Å². The third-order valence-electron chi connectivity index (χ3n) is 4.39. The molecule has 2 amide bonds. The van der Waals surface area contributed by atoms with Gasteiger partial charge in [0.25, 0.3) is 5.91 Å². The summed E-state index contributed by atoms with van der Waals surface area (Å²) in [5.74, 6) is -0.208. The number of hydrogen-bond acceptors (Lipinski definition) is 4. The molecular weight excluding hydrogens is 318 g/mol. The van der Waals surface area contributed by atoms with E-state index in [4.69, 9.17) is 0 Å². The predicted molar refractivity (Wildman–Crippen MR) is 93.7 cm³/mol. The first-order chi connectivity index (χ1) is 12.2. The van der Waals surface area contributed by atoms with Gasteiger partial charge >= 0.3 is 0 Å². The van der Waals surface area contributed by atoms with Crippen molar-refractivity contribution >= 4 is 11.8 Å². The third kappa shape index (κ3) is 4.04. The van der Waals surface area contributed by atoms with E-state index < -0.39 is 0 Å². The molecule has 7 heteroatoms. The van der Waals surface area contributed by atoms with Crippen LogP contribution < -0.4 is 5.32 Å². The van der Waals surface area contributed by atoms with Crippen LogP contribution in [-0.4, -0.2) is 51.5 Å². The van der Waals surface area contributed by atoms with Crippen LogP contribution in [0.1, 0.15) is 36.7 Å². The van der Waals surface area contributed by atoms with Gasteiger partial charge in [-0.15, -0.1) is 0 Å². The summed E-state index contributed by atoms with van der Waals surface area (Å²) in [6, 6.07) is 5.46. The molecule has 7 nitrogen and oxygen atoms in total. The molecule has 1 unspecified atom stereocenters. The average Bonchev–Trinajstić information content (AvgIpc) is 3.16. The minimum Gasteiger partial charge on any atom is -0.356 e.